The predicted molar refractivity (Wildman–Crippen MR) is 222 cm³/mol. The molecule has 0 unspecified atom stereocenters. The van der Waals surface area contributed by atoms with E-state index in [1.807, 2.05) is 18.5 Å². The summed E-state index contributed by atoms with van der Waals surface area (Å²) in [5.74, 6) is 0. The van der Waals surface area contributed by atoms with Crippen molar-refractivity contribution in [2.75, 3.05) is 9.80 Å². The molecule has 9 rings (SSSR count). The summed E-state index contributed by atoms with van der Waals surface area (Å²) in [5, 5.41) is 0. The molecule has 0 radical (unpaired) electrons. The van der Waals surface area contributed by atoms with Crippen LogP contribution in [0, 0.1) is 0 Å². The van der Waals surface area contributed by atoms with Crippen molar-refractivity contribution in [3.63, 3.8) is 0 Å². The number of anilines is 5. The van der Waals surface area contributed by atoms with Crippen LogP contribution in [0.25, 0.3) is 33.4 Å². The fraction of sp³-hybridized carbons (Fsp3) is 0.100. The second-order valence-electron chi connectivity index (χ2n) is 14.4. The fourth-order valence-electron chi connectivity index (χ4n) is 8.05. The molecule has 1 heterocycles. The molecule has 0 atom stereocenters. The normalized spacial score (nSPS) is 13.9. The van der Waals surface area contributed by atoms with E-state index in [0.717, 1.165) is 41.0 Å². The molecule has 0 saturated heterocycles. The summed E-state index contributed by atoms with van der Waals surface area (Å²) in [4.78, 5) is 9.10. The standard InChI is InChI=1S/C50H41N3/c1-50(2)48-18-10-9-17-46(48)47-32-31-45(34-49(47)50)53(44-29-23-38(24-30-44)39-12-11-33-51-35-39)43-27-21-37(22-28-43)36-19-25-42(26-20-36)52(40-13-5-3-6-14-40)41-15-7-4-8-16-41/h3-7,9-15,17-35H,8,16H2,1-2H3. The van der Waals surface area contributed by atoms with Crippen LogP contribution in [0.1, 0.15) is 37.8 Å². The number of hydrogen-bond acceptors (Lipinski definition) is 3. The summed E-state index contributed by atoms with van der Waals surface area (Å²) in [5.41, 5.74) is 17.0. The Balaban J connectivity index is 1.07. The number of pyridine rings is 1. The first kappa shape index (κ1) is 32.5. The first-order valence-electron chi connectivity index (χ1n) is 18.5. The highest BCUT2D eigenvalue weighted by Crippen LogP contribution is 2.50. The van der Waals surface area contributed by atoms with Crippen LogP contribution in [0.3, 0.4) is 0 Å². The Hall–Kier alpha value is -6.45. The van der Waals surface area contributed by atoms with Crippen LogP contribution in [0.15, 0.2) is 194 Å². The molecule has 2 aliphatic carbocycles. The van der Waals surface area contributed by atoms with Gasteiger partial charge in [0.2, 0.25) is 0 Å². The highest BCUT2D eigenvalue weighted by Gasteiger charge is 2.35. The Morgan fingerprint density at radius 3 is 1.68 bits per heavy atom. The molecule has 0 fully saturated rings. The van der Waals surface area contributed by atoms with Gasteiger partial charge in [-0.3, -0.25) is 4.98 Å². The van der Waals surface area contributed by atoms with Crippen molar-refractivity contribution in [3.05, 3.63) is 205 Å². The van der Waals surface area contributed by atoms with Gasteiger partial charge in [0.15, 0.2) is 0 Å². The predicted octanol–water partition coefficient (Wildman–Crippen LogP) is 13.6. The lowest BCUT2D eigenvalue weighted by Crippen LogP contribution is -2.17. The van der Waals surface area contributed by atoms with Crippen molar-refractivity contribution in [1.29, 1.82) is 0 Å². The van der Waals surface area contributed by atoms with E-state index in [-0.39, 0.29) is 5.41 Å². The topological polar surface area (TPSA) is 19.4 Å². The van der Waals surface area contributed by atoms with Gasteiger partial charge in [-0.2, -0.15) is 0 Å². The van der Waals surface area contributed by atoms with E-state index < -0.39 is 0 Å². The number of fused-ring (bicyclic) bond motifs is 3. The quantitative estimate of drug-likeness (QED) is 0.159. The Kier molecular flexibility index (Phi) is 8.32. The van der Waals surface area contributed by atoms with E-state index in [0.29, 0.717) is 0 Å². The van der Waals surface area contributed by atoms with Gasteiger partial charge in [-0.25, -0.2) is 0 Å². The summed E-state index contributed by atoms with van der Waals surface area (Å²) in [7, 11) is 0. The molecule has 53 heavy (non-hydrogen) atoms. The van der Waals surface area contributed by atoms with Gasteiger partial charge in [0.25, 0.3) is 0 Å². The summed E-state index contributed by atoms with van der Waals surface area (Å²) >= 11 is 0. The molecule has 7 aromatic rings. The summed E-state index contributed by atoms with van der Waals surface area (Å²) in [6.45, 7) is 4.69. The first-order chi connectivity index (χ1) is 26.0. The zero-order chi connectivity index (χ0) is 35.8. The molecule has 1 aromatic heterocycles. The molecular formula is C50H41N3. The SMILES string of the molecule is CC1(C)c2ccccc2-c2ccc(N(c3ccc(-c4ccc(N(C5=CC=CCC5)c5ccccc5)cc4)cc3)c3ccc(-c4cccnc4)cc3)cc21. The maximum Gasteiger partial charge on any atom is 0.0465 e. The van der Waals surface area contributed by atoms with Gasteiger partial charge in [-0.1, -0.05) is 117 Å². The fourth-order valence-corrected chi connectivity index (χ4v) is 8.05. The Morgan fingerprint density at radius 2 is 1.06 bits per heavy atom. The molecule has 0 aliphatic heterocycles. The highest BCUT2D eigenvalue weighted by molar-refractivity contribution is 5.86. The average Bonchev–Trinajstić information content (AvgIpc) is 3.45. The number of aromatic nitrogens is 1. The monoisotopic (exact) mass is 683 g/mol. The van der Waals surface area contributed by atoms with E-state index in [9.17, 15) is 0 Å². The van der Waals surface area contributed by atoms with Crippen LogP contribution in [0.2, 0.25) is 0 Å². The Bertz CT molecular complexity index is 2440. The summed E-state index contributed by atoms with van der Waals surface area (Å²) < 4.78 is 0. The smallest absolute Gasteiger partial charge is 0.0465 e. The van der Waals surface area contributed by atoms with Gasteiger partial charge < -0.3 is 9.80 Å². The lowest BCUT2D eigenvalue weighted by molar-refractivity contribution is 0.660. The van der Waals surface area contributed by atoms with Crippen molar-refractivity contribution in [1.82, 2.24) is 4.98 Å². The van der Waals surface area contributed by atoms with E-state index in [1.165, 1.54) is 50.5 Å². The molecule has 3 heteroatoms. The lowest BCUT2D eigenvalue weighted by atomic mass is 9.82. The number of benzene rings is 6. The van der Waals surface area contributed by atoms with E-state index >= 15 is 0 Å². The molecule has 256 valence electrons. The van der Waals surface area contributed by atoms with Crippen molar-refractivity contribution >= 4 is 28.4 Å². The van der Waals surface area contributed by atoms with Crippen LogP contribution < -0.4 is 9.80 Å². The van der Waals surface area contributed by atoms with Crippen LogP contribution in [0.4, 0.5) is 28.4 Å². The van der Waals surface area contributed by atoms with Crippen LogP contribution in [-0.4, -0.2) is 4.98 Å². The van der Waals surface area contributed by atoms with E-state index in [1.54, 1.807) is 0 Å². The van der Waals surface area contributed by atoms with Gasteiger partial charge in [0, 0.05) is 51.9 Å². The molecule has 3 nitrogen and oxygen atoms in total. The second-order valence-corrected chi connectivity index (χ2v) is 14.4. The minimum absolute atomic E-state index is 0.0892. The van der Waals surface area contributed by atoms with Gasteiger partial charge in [-0.05, 0) is 130 Å². The molecular weight excluding hydrogens is 643 g/mol. The summed E-state index contributed by atoms with van der Waals surface area (Å²) in [6.07, 6.45) is 12.5. The summed E-state index contributed by atoms with van der Waals surface area (Å²) in [6, 6.07) is 57.4. The zero-order valence-electron chi connectivity index (χ0n) is 30.2. The Labute approximate surface area is 312 Å². The second kappa shape index (κ2) is 13.6. The molecule has 6 aromatic carbocycles. The van der Waals surface area contributed by atoms with E-state index in [2.05, 4.69) is 199 Å². The number of nitrogens with zero attached hydrogens (tertiary/aromatic N) is 3. The lowest BCUT2D eigenvalue weighted by Gasteiger charge is -2.29. The zero-order valence-corrected chi connectivity index (χ0v) is 30.2. The number of para-hydroxylation sites is 1. The third-order valence-electron chi connectivity index (χ3n) is 10.8. The minimum Gasteiger partial charge on any atom is -0.314 e. The van der Waals surface area contributed by atoms with Gasteiger partial charge >= 0.3 is 0 Å². The molecule has 2 aliphatic rings. The average molecular weight is 684 g/mol. The van der Waals surface area contributed by atoms with Crippen molar-refractivity contribution in [2.24, 2.45) is 0 Å². The molecule has 0 saturated carbocycles. The number of hydrogen-bond donors (Lipinski definition) is 0. The minimum atomic E-state index is -0.0892. The van der Waals surface area contributed by atoms with Crippen LogP contribution in [-0.2, 0) is 5.41 Å². The Morgan fingerprint density at radius 1 is 0.491 bits per heavy atom. The maximum atomic E-state index is 4.34. The molecule has 0 N–H and O–H groups in total. The van der Waals surface area contributed by atoms with Gasteiger partial charge in [0.05, 0.1) is 0 Å². The first-order valence-corrected chi connectivity index (χ1v) is 18.5. The third-order valence-corrected chi connectivity index (χ3v) is 10.8. The van der Waals surface area contributed by atoms with E-state index in [4.69, 9.17) is 0 Å². The molecule has 0 bridgehead atoms. The van der Waals surface area contributed by atoms with Gasteiger partial charge in [0.1, 0.15) is 0 Å². The highest BCUT2D eigenvalue weighted by atomic mass is 15.2. The molecule has 0 amide bonds. The maximum absolute atomic E-state index is 4.34. The van der Waals surface area contributed by atoms with Crippen molar-refractivity contribution in [3.8, 4) is 33.4 Å². The van der Waals surface area contributed by atoms with Gasteiger partial charge in [-0.15, -0.1) is 0 Å². The van der Waals surface area contributed by atoms with Crippen LogP contribution in [0.5, 0.6) is 0 Å². The third kappa shape index (κ3) is 6.04. The van der Waals surface area contributed by atoms with Crippen LogP contribution >= 0.6 is 0 Å². The van der Waals surface area contributed by atoms with Crippen molar-refractivity contribution in [2.45, 2.75) is 32.1 Å². The number of rotatable bonds is 8. The number of allylic oxidation sites excluding steroid dienone is 4. The van der Waals surface area contributed by atoms with Crippen molar-refractivity contribution < 1.29 is 0 Å². The largest absolute Gasteiger partial charge is 0.314 e. The molecule has 0 spiro atoms.